The van der Waals surface area contributed by atoms with Crippen LogP contribution in [0.5, 0.6) is 5.19 Å². The van der Waals surface area contributed by atoms with E-state index in [1.54, 1.807) is 24.3 Å². The van der Waals surface area contributed by atoms with Crippen LogP contribution in [-0.4, -0.2) is 23.1 Å². The zero-order chi connectivity index (χ0) is 12.8. The molecule has 1 aromatic heterocycles. The van der Waals surface area contributed by atoms with Gasteiger partial charge < -0.3 is 15.2 Å². The minimum Gasteiger partial charge on any atom is -0.473 e. The Morgan fingerprint density at radius 1 is 1.44 bits per heavy atom. The van der Waals surface area contributed by atoms with Crippen LogP contribution in [0.2, 0.25) is 0 Å². The first-order valence-electron chi connectivity index (χ1n) is 5.30. The summed E-state index contributed by atoms with van der Waals surface area (Å²) in [5.41, 5.74) is -0.510. The summed E-state index contributed by atoms with van der Waals surface area (Å²) in [7, 11) is 1.50. The maximum absolute atomic E-state index is 12.0. The third-order valence-corrected chi connectivity index (χ3v) is 3.98. The molecule has 92 valence electrons. The van der Waals surface area contributed by atoms with Gasteiger partial charge in [-0.25, -0.2) is 4.98 Å². The van der Waals surface area contributed by atoms with Gasteiger partial charge in [-0.05, 0) is 6.07 Å². The zero-order valence-electron chi connectivity index (χ0n) is 9.51. The van der Waals surface area contributed by atoms with Crippen LogP contribution in [-0.2, 0) is 10.4 Å². The van der Waals surface area contributed by atoms with E-state index in [0.29, 0.717) is 21.3 Å². The summed E-state index contributed by atoms with van der Waals surface area (Å²) in [6.45, 7) is 0. The van der Waals surface area contributed by atoms with Gasteiger partial charge in [-0.1, -0.05) is 29.5 Å². The van der Waals surface area contributed by atoms with Crippen molar-refractivity contribution in [3.63, 3.8) is 0 Å². The molecule has 18 heavy (non-hydrogen) atoms. The molecule has 2 heterocycles. The molecular formula is C12H10N2O3S. The number of para-hydroxylation sites is 1. The third-order valence-electron chi connectivity index (χ3n) is 2.91. The van der Waals surface area contributed by atoms with Gasteiger partial charge in [-0.15, -0.1) is 0 Å². The fraction of sp³-hybridized carbons (Fsp3) is 0.167. The van der Waals surface area contributed by atoms with Crippen LogP contribution in [0.25, 0.3) is 0 Å². The number of fused-ring (bicyclic) bond motifs is 1. The molecule has 2 N–H and O–H groups in total. The number of hydrogen-bond donors (Lipinski definition) is 2. The number of hydrogen-bond acceptors (Lipinski definition) is 5. The number of carbonyl (C=O) groups is 1. The van der Waals surface area contributed by atoms with Crippen molar-refractivity contribution in [1.29, 1.82) is 0 Å². The molecule has 1 unspecified atom stereocenters. The Hall–Kier alpha value is -1.92. The number of thiazole rings is 1. The molecule has 0 saturated heterocycles. The Balaban J connectivity index is 2.17. The Kier molecular flexibility index (Phi) is 2.36. The standard InChI is InChI=1S/C12H10N2O3S/c1-17-11-13-6-9(18-11)12(16)7-4-2-3-5-8(7)14-10(12)15/h2-6,16H,1H3,(H,14,15). The van der Waals surface area contributed by atoms with Gasteiger partial charge in [0.2, 0.25) is 5.60 Å². The molecule has 3 rings (SSSR count). The van der Waals surface area contributed by atoms with Crippen molar-refractivity contribution in [2.45, 2.75) is 5.60 Å². The average Bonchev–Trinajstić information content (AvgIpc) is 2.95. The number of rotatable bonds is 2. The van der Waals surface area contributed by atoms with Crippen molar-refractivity contribution >= 4 is 22.9 Å². The van der Waals surface area contributed by atoms with Crippen LogP contribution < -0.4 is 10.1 Å². The fourth-order valence-electron chi connectivity index (χ4n) is 2.01. The van der Waals surface area contributed by atoms with Crippen LogP contribution in [0.1, 0.15) is 10.4 Å². The molecule has 6 heteroatoms. The van der Waals surface area contributed by atoms with Crippen molar-refractivity contribution in [2.75, 3.05) is 12.4 Å². The number of nitrogens with one attached hydrogen (secondary N) is 1. The van der Waals surface area contributed by atoms with Crippen LogP contribution in [0, 0.1) is 0 Å². The van der Waals surface area contributed by atoms with Gasteiger partial charge in [0.15, 0.2) is 0 Å². The molecule has 0 radical (unpaired) electrons. The lowest BCUT2D eigenvalue weighted by atomic mass is 9.94. The number of anilines is 1. The summed E-state index contributed by atoms with van der Waals surface area (Å²) < 4.78 is 4.99. The summed E-state index contributed by atoms with van der Waals surface area (Å²) in [6, 6.07) is 7.06. The normalized spacial score (nSPS) is 21.6. The van der Waals surface area contributed by atoms with E-state index in [-0.39, 0.29) is 0 Å². The van der Waals surface area contributed by atoms with E-state index in [9.17, 15) is 9.90 Å². The summed E-state index contributed by atoms with van der Waals surface area (Å²) in [5, 5.41) is 13.8. The number of carbonyl (C=O) groups excluding carboxylic acids is 1. The molecule has 1 amide bonds. The van der Waals surface area contributed by atoms with E-state index in [1.165, 1.54) is 13.3 Å². The molecule has 1 aliphatic heterocycles. The molecule has 0 bridgehead atoms. The van der Waals surface area contributed by atoms with Gasteiger partial charge >= 0.3 is 0 Å². The van der Waals surface area contributed by atoms with Crippen LogP contribution in [0.4, 0.5) is 5.69 Å². The summed E-state index contributed by atoms with van der Waals surface area (Å²) in [6.07, 6.45) is 1.46. The highest BCUT2D eigenvalue weighted by atomic mass is 32.1. The molecular weight excluding hydrogens is 252 g/mol. The number of nitrogens with zero attached hydrogens (tertiary/aromatic N) is 1. The first-order valence-corrected chi connectivity index (χ1v) is 6.11. The number of aliphatic hydroxyl groups is 1. The van der Waals surface area contributed by atoms with E-state index in [0.717, 1.165) is 11.3 Å². The minimum absolute atomic E-state index is 0.413. The summed E-state index contributed by atoms with van der Waals surface area (Å²) >= 11 is 1.15. The van der Waals surface area contributed by atoms with Crippen LogP contribution in [0.15, 0.2) is 30.5 Å². The first-order chi connectivity index (χ1) is 8.66. The molecule has 0 aliphatic carbocycles. The quantitative estimate of drug-likeness (QED) is 0.856. The monoisotopic (exact) mass is 262 g/mol. The van der Waals surface area contributed by atoms with E-state index in [2.05, 4.69) is 10.3 Å². The van der Waals surface area contributed by atoms with Gasteiger partial charge in [-0.2, -0.15) is 0 Å². The van der Waals surface area contributed by atoms with Crippen molar-refractivity contribution in [1.82, 2.24) is 4.98 Å². The first kappa shape index (κ1) is 11.2. The van der Waals surface area contributed by atoms with Crippen molar-refractivity contribution in [2.24, 2.45) is 0 Å². The second-order valence-electron chi connectivity index (χ2n) is 3.90. The highest BCUT2D eigenvalue weighted by molar-refractivity contribution is 7.13. The Morgan fingerprint density at radius 3 is 2.94 bits per heavy atom. The van der Waals surface area contributed by atoms with E-state index < -0.39 is 11.5 Å². The maximum Gasteiger partial charge on any atom is 0.273 e. The van der Waals surface area contributed by atoms with Gasteiger partial charge in [-0.3, -0.25) is 4.79 Å². The van der Waals surface area contributed by atoms with E-state index in [1.807, 2.05) is 0 Å². The van der Waals surface area contributed by atoms with Crippen LogP contribution in [0.3, 0.4) is 0 Å². The Morgan fingerprint density at radius 2 is 2.22 bits per heavy atom. The van der Waals surface area contributed by atoms with E-state index in [4.69, 9.17) is 4.74 Å². The SMILES string of the molecule is COc1ncc(C2(O)C(=O)Nc3ccccc32)s1. The minimum atomic E-state index is -1.68. The molecule has 1 atom stereocenters. The van der Waals surface area contributed by atoms with Gasteiger partial charge in [0.25, 0.3) is 11.1 Å². The van der Waals surface area contributed by atoms with Gasteiger partial charge in [0.1, 0.15) is 0 Å². The number of aromatic nitrogens is 1. The second kappa shape index (κ2) is 3.79. The lowest BCUT2D eigenvalue weighted by Crippen LogP contribution is -2.34. The number of ether oxygens (including phenoxy) is 1. The Bertz CT molecular complexity index is 625. The predicted octanol–water partition coefficient (Wildman–Crippen LogP) is 1.34. The lowest BCUT2D eigenvalue weighted by molar-refractivity contribution is -0.129. The predicted molar refractivity (Wildman–Crippen MR) is 66.7 cm³/mol. The third kappa shape index (κ3) is 1.36. The highest BCUT2D eigenvalue weighted by Crippen LogP contribution is 2.43. The second-order valence-corrected chi connectivity index (χ2v) is 4.90. The number of benzene rings is 1. The largest absolute Gasteiger partial charge is 0.473 e. The smallest absolute Gasteiger partial charge is 0.273 e. The van der Waals surface area contributed by atoms with Crippen molar-refractivity contribution in [3.8, 4) is 5.19 Å². The molecule has 2 aromatic rings. The van der Waals surface area contributed by atoms with E-state index >= 15 is 0 Å². The number of methoxy groups -OCH3 is 1. The molecule has 0 spiro atoms. The zero-order valence-corrected chi connectivity index (χ0v) is 10.3. The molecule has 1 aliphatic rings. The van der Waals surface area contributed by atoms with Crippen molar-refractivity contribution in [3.05, 3.63) is 40.9 Å². The number of amides is 1. The lowest BCUT2D eigenvalue weighted by Gasteiger charge is -2.18. The maximum atomic E-state index is 12.0. The fourth-order valence-corrected chi connectivity index (χ4v) is 2.84. The van der Waals surface area contributed by atoms with Crippen molar-refractivity contribution < 1.29 is 14.6 Å². The molecule has 0 fully saturated rings. The Labute approximate surface area is 107 Å². The molecule has 5 nitrogen and oxygen atoms in total. The highest BCUT2D eigenvalue weighted by Gasteiger charge is 2.48. The average molecular weight is 262 g/mol. The topological polar surface area (TPSA) is 71.5 Å². The van der Waals surface area contributed by atoms with Crippen LogP contribution >= 0.6 is 11.3 Å². The van der Waals surface area contributed by atoms with Gasteiger partial charge in [0, 0.05) is 17.4 Å². The van der Waals surface area contributed by atoms with Gasteiger partial charge in [0.05, 0.1) is 12.0 Å². The molecule has 0 saturated carbocycles. The summed E-state index contributed by atoms with van der Waals surface area (Å²) in [4.78, 5) is 16.5. The summed E-state index contributed by atoms with van der Waals surface area (Å²) in [5.74, 6) is -0.463. The molecule has 1 aromatic carbocycles.